The molecule has 0 radical (unpaired) electrons. The van der Waals surface area contributed by atoms with Crippen LogP contribution in [0.25, 0.3) is 0 Å². The molecular weight excluding hydrogens is 1090 g/mol. The van der Waals surface area contributed by atoms with Gasteiger partial charge >= 0.3 is 0 Å². The summed E-state index contributed by atoms with van der Waals surface area (Å²) in [7, 11) is 10.1. The smallest absolute Gasteiger partial charge is 0.246 e. The quantitative estimate of drug-likeness (QED) is 0.173. The normalized spacial score (nSPS) is 27.4. The van der Waals surface area contributed by atoms with Crippen LogP contribution in [0.3, 0.4) is 0 Å². The Hall–Kier alpha value is -5.73. The van der Waals surface area contributed by atoms with Crippen molar-refractivity contribution < 1.29 is 57.8 Å². The molecule has 1 saturated heterocycles. The van der Waals surface area contributed by atoms with Gasteiger partial charge in [0.05, 0.1) is 18.7 Å². The first-order chi connectivity index (χ1) is 39.3. The van der Waals surface area contributed by atoms with Crippen LogP contribution < -0.4 is 10.6 Å². The number of aliphatic hydroxyl groups is 1. The maximum atomic E-state index is 15.2. The fourth-order valence-electron chi connectivity index (χ4n) is 11.3. The molecule has 0 aromatic rings. The largest absolute Gasteiger partial charge is 0.390 e. The molecule has 1 rings (SSSR count). The predicted octanol–water partition coefficient (Wildman–Crippen LogP) is 5.45. The topological polar surface area (TPSA) is 255 Å². The Morgan fingerprint density at radius 1 is 0.518 bits per heavy atom. The second-order valence-electron chi connectivity index (χ2n) is 26.4. The molecule has 9 amide bonds. The van der Waals surface area contributed by atoms with E-state index in [9.17, 15) is 48.3 Å². The highest BCUT2D eigenvalue weighted by Gasteiger charge is 2.46. The van der Waals surface area contributed by atoms with Crippen molar-refractivity contribution in [1.82, 2.24) is 44.9 Å². The van der Waals surface area contributed by atoms with Crippen LogP contribution in [0.2, 0.25) is 0 Å². The van der Waals surface area contributed by atoms with Crippen molar-refractivity contribution in [2.75, 3.05) is 55.9 Å². The summed E-state index contributed by atoms with van der Waals surface area (Å²) in [6, 6.07) is -9.44. The zero-order chi connectivity index (χ0) is 66.0. The van der Waals surface area contributed by atoms with Gasteiger partial charge in [0.2, 0.25) is 53.2 Å². The van der Waals surface area contributed by atoms with Crippen LogP contribution >= 0.6 is 0 Å². The molecular formula is C64H113N9O12. The van der Waals surface area contributed by atoms with Gasteiger partial charge in [0.1, 0.15) is 42.3 Å². The van der Waals surface area contributed by atoms with Gasteiger partial charge < -0.3 is 50.0 Å². The van der Waals surface area contributed by atoms with Gasteiger partial charge in [-0.2, -0.15) is 0 Å². The number of ketones is 2. The summed E-state index contributed by atoms with van der Waals surface area (Å²) >= 11 is 0. The number of allylic oxidation sites excluding steroid dienone is 2. The molecule has 1 aliphatic heterocycles. The molecule has 1 heterocycles. The van der Waals surface area contributed by atoms with Crippen LogP contribution in [0.5, 0.6) is 0 Å². The minimum absolute atomic E-state index is 0.110. The molecule has 0 unspecified atom stereocenters. The molecule has 0 aliphatic carbocycles. The lowest BCUT2D eigenvalue weighted by molar-refractivity contribution is -0.157. The van der Waals surface area contributed by atoms with Gasteiger partial charge in [-0.15, -0.1) is 0 Å². The summed E-state index contributed by atoms with van der Waals surface area (Å²) in [6.45, 7) is 29.8. The van der Waals surface area contributed by atoms with Crippen molar-refractivity contribution in [3.05, 3.63) is 12.2 Å². The van der Waals surface area contributed by atoms with Crippen LogP contribution in [0.4, 0.5) is 0 Å². The van der Waals surface area contributed by atoms with Gasteiger partial charge in [-0.1, -0.05) is 122 Å². The van der Waals surface area contributed by atoms with Crippen molar-refractivity contribution in [1.29, 1.82) is 0 Å². The lowest BCUT2D eigenvalue weighted by Crippen LogP contribution is -2.61. The standard InChI is InChI=1S/C64H113N9O12/c1-25-28-29-42(15)56(77)55-50(75)34-45(27-3)60(81)67(18)35-51(76)71(22)54(41(14)26-2)58(79)66-52(39(10)11)63(84)68(19)46(30-36(4)5)57(78)65-44(17)49(74)33-43(16)59(80)69(20)47(31-37(6)7)61(82)70(21)48(32-38(8)9)62(83)72(23)53(40(12)13)64(85)73(55)24/h25,28,36-48,52-56,77H,26-27,29-35H2,1-24H3,(H,65,78)(H,66,79)/b28-25+/t41-,42+,43-,44-,45+,46-,47-,48-,52-,53-,54-,55+,56+/m0/s1. The Morgan fingerprint density at radius 3 is 1.45 bits per heavy atom. The van der Waals surface area contributed by atoms with E-state index in [1.54, 1.807) is 61.5 Å². The van der Waals surface area contributed by atoms with E-state index in [1.165, 1.54) is 85.7 Å². The molecule has 0 spiro atoms. The van der Waals surface area contributed by atoms with E-state index in [0.29, 0.717) is 12.8 Å². The van der Waals surface area contributed by atoms with E-state index in [4.69, 9.17) is 0 Å². The van der Waals surface area contributed by atoms with Gasteiger partial charge in [0, 0.05) is 74.0 Å². The van der Waals surface area contributed by atoms with E-state index >= 15 is 9.59 Å². The first-order valence-corrected chi connectivity index (χ1v) is 31.1. The molecule has 0 bridgehead atoms. The fraction of sp³-hybridized carbons (Fsp3) is 0.797. The number of nitrogens with zero attached hydrogens (tertiary/aromatic N) is 7. The molecule has 0 aromatic heterocycles. The summed E-state index contributed by atoms with van der Waals surface area (Å²) < 4.78 is 0. The van der Waals surface area contributed by atoms with Crippen molar-refractivity contribution >= 4 is 64.7 Å². The molecule has 3 N–H and O–H groups in total. The average molecular weight is 1200 g/mol. The highest BCUT2D eigenvalue weighted by molar-refractivity contribution is 5.99. The number of hydrogen-bond acceptors (Lipinski definition) is 12. The van der Waals surface area contributed by atoms with Crippen LogP contribution in [0, 0.1) is 53.3 Å². The molecule has 85 heavy (non-hydrogen) atoms. The number of carbonyl (C=O) groups excluding carboxylic acids is 11. The van der Waals surface area contributed by atoms with Crippen molar-refractivity contribution in [2.24, 2.45) is 53.3 Å². The van der Waals surface area contributed by atoms with E-state index in [1.807, 2.05) is 61.5 Å². The Kier molecular flexibility index (Phi) is 32.0. The summed E-state index contributed by atoms with van der Waals surface area (Å²) in [4.78, 5) is 170. The zero-order valence-corrected chi connectivity index (χ0v) is 56.5. The molecule has 21 heteroatoms. The van der Waals surface area contributed by atoms with Gasteiger partial charge in [-0.3, -0.25) is 52.7 Å². The summed E-state index contributed by atoms with van der Waals surface area (Å²) in [5, 5.41) is 17.8. The number of likely N-dealkylation sites (N-methyl/N-ethyl adjacent to an activating group) is 7. The lowest BCUT2D eigenvalue weighted by Gasteiger charge is -2.41. The first kappa shape index (κ1) is 77.3. The van der Waals surface area contributed by atoms with E-state index < -0.39 is 168 Å². The third-order valence-corrected chi connectivity index (χ3v) is 17.1. The number of nitrogens with one attached hydrogen (secondary N) is 2. The number of hydrogen-bond donors (Lipinski definition) is 3. The molecule has 0 saturated carbocycles. The van der Waals surface area contributed by atoms with E-state index in [0.717, 1.165) is 4.90 Å². The molecule has 0 aromatic carbocycles. The maximum absolute atomic E-state index is 15.2. The molecule has 13 atom stereocenters. The maximum Gasteiger partial charge on any atom is 0.246 e. The minimum Gasteiger partial charge on any atom is -0.390 e. The van der Waals surface area contributed by atoms with Crippen molar-refractivity contribution in [3.8, 4) is 0 Å². The number of rotatable bonds is 15. The van der Waals surface area contributed by atoms with Gasteiger partial charge in [0.15, 0.2) is 11.6 Å². The molecule has 486 valence electrons. The van der Waals surface area contributed by atoms with Crippen LogP contribution in [-0.4, -0.2) is 214 Å². The SMILES string of the molecule is C/C=C/C[C@@H](C)[C@@H](O)[C@H]1C(=O)C[C@@H](CC)C(=O)N(C)CC(=O)N(C)[C@@H]([C@@H](C)CC)C(=O)N[C@@H](C(C)C)C(=O)N(C)[C@@H](CC(C)C)C(=O)N[C@@H](C)C(=O)C[C@H](C)C(=O)N(C)[C@@H](CC(C)C)C(=O)N(C)[C@@H](CC(C)C)C(=O)N(C)[C@@H](C(C)C)C(=O)N1C. The average Bonchev–Trinajstić information content (AvgIpc) is 3.49. The van der Waals surface area contributed by atoms with Crippen molar-refractivity contribution in [3.63, 3.8) is 0 Å². The minimum atomic E-state index is -1.49. The number of aliphatic hydroxyl groups excluding tert-OH is 1. The van der Waals surface area contributed by atoms with E-state index in [-0.39, 0.29) is 49.9 Å². The highest BCUT2D eigenvalue weighted by Crippen LogP contribution is 2.28. The Balaban J connectivity index is 4.33. The molecule has 1 fully saturated rings. The monoisotopic (exact) mass is 1200 g/mol. The van der Waals surface area contributed by atoms with Crippen LogP contribution in [-0.2, 0) is 52.7 Å². The first-order valence-electron chi connectivity index (χ1n) is 31.1. The third-order valence-electron chi connectivity index (χ3n) is 17.1. The van der Waals surface area contributed by atoms with Crippen molar-refractivity contribution in [2.45, 2.75) is 224 Å². The summed E-state index contributed by atoms with van der Waals surface area (Å²) in [5.74, 6) is -10.9. The second kappa shape index (κ2) is 35.2. The second-order valence-corrected chi connectivity index (χ2v) is 26.4. The van der Waals surface area contributed by atoms with Gasteiger partial charge in [-0.05, 0) is 87.4 Å². The number of Topliss-reactive ketones (excluding diaryl/α,β-unsaturated/α-hetero) is 2. The number of carbonyl (C=O) groups is 11. The Bertz CT molecular complexity index is 2320. The van der Waals surface area contributed by atoms with Crippen LogP contribution in [0.1, 0.15) is 169 Å². The van der Waals surface area contributed by atoms with Gasteiger partial charge in [-0.25, -0.2) is 0 Å². The zero-order valence-electron chi connectivity index (χ0n) is 56.5. The van der Waals surface area contributed by atoms with Crippen LogP contribution in [0.15, 0.2) is 12.2 Å². The molecule has 1 aliphatic rings. The Morgan fingerprint density at radius 2 is 0.988 bits per heavy atom. The Labute approximate surface area is 510 Å². The summed E-state index contributed by atoms with van der Waals surface area (Å²) in [6.07, 6.45) is 2.92. The third kappa shape index (κ3) is 21.3. The summed E-state index contributed by atoms with van der Waals surface area (Å²) in [5.41, 5.74) is 0. The molecule has 21 nitrogen and oxygen atoms in total. The van der Waals surface area contributed by atoms with Gasteiger partial charge in [0.25, 0.3) is 0 Å². The lowest BCUT2D eigenvalue weighted by atomic mass is 9.86. The number of amides is 9. The highest BCUT2D eigenvalue weighted by atomic mass is 16.3. The van der Waals surface area contributed by atoms with E-state index in [2.05, 4.69) is 10.6 Å². The fourth-order valence-corrected chi connectivity index (χ4v) is 11.3. The predicted molar refractivity (Wildman–Crippen MR) is 331 cm³/mol.